The van der Waals surface area contributed by atoms with E-state index in [-0.39, 0.29) is 18.4 Å². The Kier molecular flexibility index (Phi) is 5.33. The van der Waals surface area contributed by atoms with Crippen LogP contribution in [0.25, 0.3) is 0 Å². The molecule has 2 aromatic carbocycles. The van der Waals surface area contributed by atoms with Crippen LogP contribution in [0.4, 0.5) is 11.4 Å². The number of nitrogens with zero attached hydrogens (tertiary/aromatic N) is 2. The summed E-state index contributed by atoms with van der Waals surface area (Å²) in [5.41, 5.74) is 1.74. The molecule has 1 aliphatic heterocycles. The Morgan fingerprint density at radius 1 is 1.12 bits per heavy atom. The van der Waals surface area contributed by atoms with E-state index in [1.807, 2.05) is 49.4 Å². The van der Waals surface area contributed by atoms with Crippen LogP contribution in [0.5, 0.6) is 5.75 Å². The van der Waals surface area contributed by atoms with Gasteiger partial charge in [0.25, 0.3) is 5.91 Å². The number of likely N-dealkylation sites (N-methyl/N-ethyl adjacent to an activating group) is 1. The first kappa shape index (κ1) is 17.0. The normalized spacial score (nSPS) is 13.8. The number of rotatable bonds is 6. The van der Waals surface area contributed by atoms with E-state index >= 15 is 0 Å². The highest BCUT2D eigenvalue weighted by Gasteiger charge is 2.21. The zero-order valence-electron chi connectivity index (χ0n) is 14.4. The fourth-order valence-electron chi connectivity index (χ4n) is 2.98. The highest BCUT2D eigenvalue weighted by molar-refractivity contribution is 5.95. The van der Waals surface area contributed by atoms with Gasteiger partial charge in [-0.2, -0.15) is 0 Å². The minimum Gasteiger partial charge on any atom is -0.484 e. The van der Waals surface area contributed by atoms with E-state index in [1.165, 1.54) is 0 Å². The van der Waals surface area contributed by atoms with Crippen LogP contribution in [-0.4, -0.2) is 31.5 Å². The topological polar surface area (TPSA) is 49.9 Å². The molecule has 2 aromatic rings. The van der Waals surface area contributed by atoms with Crippen molar-refractivity contribution in [3.8, 4) is 5.75 Å². The predicted octanol–water partition coefficient (Wildman–Crippen LogP) is 3.25. The standard InChI is InChI=1S/C20H22N2O3/c1-2-21(16-7-4-3-5-8-16)20(24)15-25-18-12-10-17(11-13-18)22-14-6-9-19(22)23/h3-5,7-8,10-13H,2,6,9,14-15H2,1H3. The van der Waals surface area contributed by atoms with Gasteiger partial charge in [0.05, 0.1) is 0 Å². The molecule has 5 nitrogen and oxygen atoms in total. The third-order valence-corrected chi connectivity index (χ3v) is 4.27. The average molecular weight is 338 g/mol. The Labute approximate surface area is 147 Å². The number of carbonyl (C=O) groups excluding carboxylic acids is 2. The van der Waals surface area contributed by atoms with E-state index in [9.17, 15) is 9.59 Å². The number of ether oxygens (including phenoxy) is 1. The van der Waals surface area contributed by atoms with Gasteiger partial charge in [0, 0.05) is 30.9 Å². The second-order valence-corrected chi connectivity index (χ2v) is 5.91. The Balaban J connectivity index is 1.59. The molecule has 5 heteroatoms. The molecule has 1 fully saturated rings. The van der Waals surface area contributed by atoms with Gasteiger partial charge in [0.2, 0.25) is 5.91 Å². The van der Waals surface area contributed by atoms with Gasteiger partial charge < -0.3 is 14.5 Å². The molecule has 0 N–H and O–H groups in total. The molecule has 0 bridgehead atoms. The summed E-state index contributed by atoms with van der Waals surface area (Å²) < 4.78 is 5.62. The lowest BCUT2D eigenvalue weighted by Crippen LogP contribution is -2.34. The molecule has 0 radical (unpaired) electrons. The van der Waals surface area contributed by atoms with Gasteiger partial charge in [-0.3, -0.25) is 9.59 Å². The van der Waals surface area contributed by atoms with Crippen LogP contribution in [0.3, 0.4) is 0 Å². The molecule has 0 unspecified atom stereocenters. The molecule has 2 amide bonds. The van der Waals surface area contributed by atoms with Crippen molar-refractivity contribution in [2.75, 3.05) is 29.5 Å². The summed E-state index contributed by atoms with van der Waals surface area (Å²) in [7, 11) is 0. The number of para-hydroxylation sites is 1. The predicted molar refractivity (Wildman–Crippen MR) is 98.0 cm³/mol. The number of benzene rings is 2. The molecule has 1 heterocycles. The van der Waals surface area contributed by atoms with Crippen LogP contribution >= 0.6 is 0 Å². The van der Waals surface area contributed by atoms with E-state index in [2.05, 4.69) is 0 Å². The minimum atomic E-state index is -0.0903. The van der Waals surface area contributed by atoms with Crippen molar-refractivity contribution in [3.63, 3.8) is 0 Å². The number of hydrogen-bond donors (Lipinski definition) is 0. The lowest BCUT2D eigenvalue weighted by atomic mass is 10.2. The zero-order chi connectivity index (χ0) is 17.6. The third-order valence-electron chi connectivity index (χ3n) is 4.27. The molecular formula is C20H22N2O3. The maximum Gasteiger partial charge on any atom is 0.264 e. The average Bonchev–Trinajstić information content (AvgIpc) is 3.08. The number of anilines is 2. The fourth-order valence-corrected chi connectivity index (χ4v) is 2.98. The van der Waals surface area contributed by atoms with Crippen molar-refractivity contribution in [2.24, 2.45) is 0 Å². The molecule has 130 valence electrons. The van der Waals surface area contributed by atoms with E-state index in [1.54, 1.807) is 21.9 Å². The van der Waals surface area contributed by atoms with E-state index in [0.717, 1.165) is 24.3 Å². The van der Waals surface area contributed by atoms with E-state index in [4.69, 9.17) is 4.74 Å². The second kappa shape index (κ2) is 7.83. The van der Waals surface area contributed by atoms with Gasteiger partial charge >= 0.3 is 0 Å². The Bertz CT molecular complexity index is 728. The van der Waals surface area contributed by atoms with Crippen molar-refractivity contribution in [1.29, 1.82) is 0 Å². The maximum atomic E-state index is 12.4. The Morgan fingerprint density at radius 2 is 1.84 bits per heavy atom. The van der Waals surface area contributed by atoms with Crippen molar-refractivity contribution >= 4 is 23.2 Å². The van der Waals surface area contributed by atoms with Gasteiger partial charge in [-0.05, 0) is 49.7 Å². The molecule has 0 saturated carbocycles. The van der Waals surface area contributed by atoms with Crippen molar-refractivity contribution in [2.45, 2.75) is 19.8 Å². The molecule has 3 rings (SSSR count). The van der Waals surface area contributed by atoms with Crippen LogP contribution in [0.1, 0.15) is 19.8 Å². The zero-order valence-corrected chi connectivity index (χ0v) is 14.4. The lowest BCUT2D eigenvalue weighted by Gasteiger charge is -2.21. The highest BCUT2D eigenvalue weighted by atomic mass is 16.5. The number of carbonyl (C=O) groups is 2. The summed E-state index contributed by atoms with van der Waals surface area (Å²) in [6.07, 6.45) is 1.51. The summed E-state index contributed by atoms with van der Waals surface area (Å²) in [4.78, 5) is 27.6. The van der Waals surface area contributed by atoms with E-state index < -0.39 is 0 Å². The second-order valence-electron chi connectivity index (χ2n) is 5.91. The van der Waals surface area contributed by atoms with Crippen LogP contribution in [0.2, 0.25) is 0 Å². The van der Waals surface area contributed by atoms with Gasteiger partial charge in [0.1, 0.15) is 5.75 Å². The van der Waals surface area contributed by atoms with Crippen molar-refractivity contribution < 1.29 is 14.3 Å². The first-order chi connectivity index (χ1) is 12.2. The largest absolute Gasteiger partial charge is 0.484 e. The van der Waals surface area contributed by atoms with Crippen LogP contribution < -0.4 is 14.5 Å². The first-order valence-corrected chi connectivity index (χ1v) is 8.57. The molecule has 0 aliphatic carbocycles. The van der Waals surface area contributed by atoms with Crippen LogP contribution in [0.15, 0.2) is 54.6 Å². The van der Waals surface area contributed by atoms with Crippen molar-refractivity contribution in [1.82, 2.24) is 0 Å². The quantitative estimate of drug-likeness (QED) is 0.812. The van der Waals surface area contributed by atoms with Gasteiger partial charge in [-0.25, -0.2) is 0 Å². The minimum absolute atomic E-state index is 0.0231. The molecule has 1 saturated heterocycles. The number of amides is 2. The van der Waals surface area contributed by atoms with Crippen LogP contribution in [-0.2, 0) is 9.59 Å². The summed E-state index contributed by atoms with van der Waals surface area (Å²) >= 11 is 0. The van der Waals surface area contributed by atoms with Crippen LogP contribution in [0, 0.1) is 0 Å². The molecule has 1 aliphatic rings. The van der Waals surface area contributed by atoms with Gasteiger partial charge in [-0.15, -0.1) is 0 Å². The summed E-state index contributed by atoms with van der Waals surface area (Å²) in [6.45, 7) is 3.26. The molecule has 0 spiro atoms. The maximum absolute atomic E-state index is 12.4. The number of hydrogen-bond acceptors (Lipinski definition) is 3. The van der Waals surface area contributed by atoms with Gasteiger partial charge in [-0.1, -0.05) is 18.2 Å². The molecular weight excluding hydrogens is 316 g/mol. The van der Waals surface area contributed by atoms with E-state index in [0.29, 0.717) is 18.7 Å². The van der Waals surface area contributed by atoms with Gasteiger partial charge in [0.15, 0.2) is 6.61 Å². The molecule has 25 heavy (non-hydrogen) atoms. The SMILES string of the molecule is CCN(C(=O)COc1ccc(N2CCCC2=O)cc1)c1ccccc1. The monoisotopic (exact) mass is 338 g/mol. The summed E-state index contributed by atoms with van der Waals surface area (Å²) in [6, 6.07) is 16.9. The van der Waals surface area contributed by atoms with Crippen molar-refractivity contribution in [3.05, 3.63) is 54.6 Å². The summed E-state index contributed by atoms with van der Waals surface area (Å²) in [5.74, 6) is 0.686. The fraction of sp³-hybridized carbons (Fsp3) is 0.300. The Hall–Kier alpha value is -2.82. The Morgan fingerprint density at radius 3 is 2.44 bits per heavy atom. The highest BCUT2D eigenvalue weighted by Crippen LogP contribution is 2.24. The third kappa shape index (κ3) is 3.99. The summed E-state index contributed by atoms with van der Waals surface area (Å²) in [5, 5.41) is 0. The lowest BCUT2D eigenvalue weighted by molar-refractivity contribution is -0.120. The molecule has 0 atom stereocenters. The first-order valence-electron chi connectivity index (χ1n) is 8.57. The smallest absolute Gasteiger partial charge is 0.264 e. The molecule has 0 aromatic heterocycles.